The second-order valence-electron chi connectivity index (χ2n) is 6.19. The number of piperazine rings is 1. The summed E-state index contributed by atoms with van der Waals surface area (Å²) in [5.41, 5.74) is 0. The molecule has 128 valence electrons. The Balaban J connectivity index is 1.56. The zero-order valence-corrected chi connectivity index (χ0v) is 15.0. The third kappa shape index (κ3) is 3.70. The van der Waals surface area contributed by atoms with Crippen molar-refractivity contribution in [1.29, 1.82) is 0 Å². The lowest BCUT2D eigenvalue weighted by atomic mass is 10.2. The van der Waals surface area contributed by atoms with Gasteiger partial charge in [0.05, 0.1) is 0 Å². The molecule has 23 heavy (non-hydrogen) atoms. The number of amides is 2. The van der Waals surface area contributed by atoms with Crippen molar-refractivity contribution in [3.05, 3.63) is 17.0 Å². The van der Waals surface area contributed by atoms with Crippen LogP contribution in [0.5, 0.6) is 0 Å². The van der Waals surface area contributed by atoms with E-state index in [0.29, 0.717) is 36.4 Å². The molecule has 6 nitrogen and oxygen atoms in total. The normalized spacial score (nSPS) is 20.8. The van der Waals surface area contributed by atoms with E-state index in [2.05, 4.69) is 5.32 Å². The van der Waals surface area contributed by atoms with Crippen molar-refractivity contribution in [3.63, 3.8) is 0 Å². The van der Waals surface area contributed by atoms with E-state index in [-0.39, 0.29) is 6.03 Å². The molecule has 0 bridgehead atoms. The first-order valence-corrected chi connectivity index (χ1v) is 10.3. The van der Waals surface area contributed by atoms with Gasteiger partial charge < -0.3 is 10.2 Å². The van der Waals surface area contributed by atoms with Crippen LogP contribution in [0.25, 0.3) is 0 Å². The molecule has 2 heterocycles. The highest BCUT2D eigenvalue weighted by atomic mass is 32.2. The van der Waals surface area contributed by atoms with Gasteiger partial charge in [-0.2, -0.15) is 4.31 Å². The summed E-state index contributed by atoms with van der Waals surface area (Å²) in [6.45, 7) is 3.51. The minimum absolute atomic E-state index is 0.0547. The first-order valence-electron chi connectivity index (χ1n) is 8.09. The van der Waals surface area contributed by atoms with Gasteiger partial charge in [-0.15, -0.1) is 11.3 Å². The number of hydrogen-bond donors (Lipinski definition) is 1. The number of hydrogen-bond acceptors (Lipinski definition) is 4. The Bertz CT molecular complexity index is 657. The minimum atomic E-state index is -3.42. The van der Waals surface area contributed by atoms with E-state index in [9.17, 15) is 13.2 Å². The monoisotopic (exact) mass is 357 g/mol. The highest BCUT2D eigenvalue weighted by Crippen LogP contribution is 2.25. The van der Waals surface area contributed by atoms with Crippen molar-refractivity contribution < 1.29 is 13.2 Å². The average molecular weight is 358 g/mol. The molecule has 1 aliphatic heterocycles. The fourth-order valence-corrected chi connectivity index (χ4v) is 6.01. The van der Waals surface area contributed by atoms with Gasteiger partial charge in [-0.1, -0.05) is 12.8 Å². The molecule has 1 N–H and O–H groups in total. The zero-order valence-electron chi connectivity index (χ0n) is 13.3. The third-order valence-corrected chi connectivity index (χ3v) is 7.89. The number of nitrogens with one attached hydrogen (secondary N) is 1. The smallest absolute Gasteiger partial charge is 0.317 e. The van der Waals surface area contributed by atoms with E-state index in [4.69, 9.17) is 0 Å². The fraction of sp³-hybridized carbons (Fsp3) is 0.667. The van der Waals surface area contributed by atoms with Crippen LogP contribution in [0.1, 0.15) is 30.6 Å². The van der Waals surface area contributed by atoms with Gasteiger partial charge in [-0.3, -0.25) is 0 Å². The van der Waals surface area contributed by atoms with Gasteiger partial charge in [0.25, 0.3) is 10.0 Å². The second kappa shape index (κ2) is 6.78. The van der Waals surface area contributed by atoms with Crippen molar-refractivity contribution >= 4 is 27.4 Å². The summed E-state index contributed by atoms with van der Waals surface area (Å²) in [6.07, 6.45) is 4.46. The summed E-state index contributed by atoms with van der Waals surface area (Å²) in [4.78, 5) is 14.9. The molecule has 2 fully saturated rings. The Labute approximate surface area is 141 Å². The van der Waals surface area contributed by atoms with Gasteiger partial charge in [0.1, 0.15) is 4.21 Å². The van der Waals surface area contributed by atoms with Crippen LogP contribution in [0, 0.1) is 6.92 Å². The van der Waals surface area contributed by atoms with Crippen LogP contribution in [-0.2, 0) is 10.0 Å². The molecular weight excluding hydrogens is 334 g/mol. The van der Waals surface area contributed by atoms with E-state index in [1.165, 1.54) is 28.5 Å². The van der Waals surface area contributed by atoms with E-state index in [1.807, 2.05) is 13.0 Å². The number of aryl methyl sites for hydroxylation is 1. The quantitative estimate of drug-likeness (QED) is 0.900. The molecule has 1 aliphatic carbocycles. The van der Waals surface area contributed by atoms with Crippen molar-refractivity contribution in [2.75, 3.05) is 26.2 Å². The first-order chi connectivity index (χ1) is 11.0. The van der Waals surface area contributed by atoms with Crippen LogP contribution in [-0.4, -0.2) is 55.9 Å². The Morgan fingerprint density at radius 3 is 2.39 bits per heavy atom. The fourth-order valence-electron chi connectivity index (χ4n) is 3.15. The predicted molar refractivity (Wildman–Crippen MR) is 90.2 cm³/mol. The van der Waals surface area contributed by atoms with E-state index in [0.717, 1.165) is 17.7 Å². The van der Waals surface area contributed by atoms with Crippen LogP contribution < -0.4 is 5.32 Å². The Hall–Kier alpha value is -1.12. The number of carbonyl (C=O) groups is 1. The van der Waals surface area contributed by atoms with Crippen molar-refractivity contribution in [2.24, 2.45) is 0 Å². The largest absolute Gasteiger partial charge is 0.335 e. The Morgan fingerprint density at radius 1 is 1.17 bits per heavy atom. The Morgan fingerprint density at radius 2 is 1.83 bits per heavy atom. The maximum absolute atomic E-state index is 12.6. The molecular formula is C15H23N3O3S2. The zero-order chi connectivity index (χ0) is 16.4. The number of nitrogens with zero attached hydrogens (tertiary/aromatic N) is 2. The molecule has 1 saturated heterocycles. The van der Waals surface area contributed by atoms with Gasteiger partial charge in [-0.25, -0.2) is 13.2 Å². The molecule has 2 aliphatic rings. The molecule has 0 radical (unpaired) electrons. The van der Waals surface area contributed by atoms with E-state index in [1.54, 1.807) is 11.0 Å². The highest BCUT2D eigenvalue weighted by Gasteiger charge is 2.31. The number of urea groups is 1. The van der Waals surface area contributed by atoms with Crippen LogP contribution in [0.2, 0.25) is 0 Å². The summed E-state index contributed by atoms with van der Waals surface area (Å²) in [5, 5.41) is 3.06. The van der Waals surface area contributed by atoms with Crippen LogP contribution in [0.3, 0.4) is 0 Å². The summed E-state index contributed by atoms with van der Waals surface area (Å²) in [6, 6.07) is 3.72. The molecule has 0 unspecified atom stereocenters. The highest BCUT2D eigenvalue weighted by molar-refractivity contribution is 7.91. The van der Waals surface area contributed by atoms with E-state index >= 15 is 0 Å². The molecule has 0 atom stereocenters. The van der Waals surface area contributed by atoms with Crippen molar-refractivity contribution in [3.8, 4) is 0 Å². The standard InChI is InChI=1S/C15H23N3O3S2/c1-12-6-7-14(22-12)23(20,21)18-10-8-17(9-11-18)15(19)16-13-4-2-3-5-13/h6-7,13H,2-5,8-11H2,1H3,(H,16,19). The van der Waals surface area contributed by atoms with Crippen LogP contribution in [0.4, 0.5) is 4.79 Å². The van der Waals surface area contributed by atoms with Crippen LogP contribution >= 0.6 is 11.3 Å². The number of carbonyl (C=O) groups excluding carboxylic acids is 1. The SMILES string of the molecule is Cc1ccc(S(=O)(=O)N2CCN(C(=O)NC3CCCC3)CC2)s1. The lowest BCUT2D eigenvalue weighted by Crippen LogP contribution is -2.54. The minimum Gasteiger partial charge on any atom is -0.335 e. The Kier molecular flexibility index (Phi) is 4.93. The number of thiophene rings is 1. The van der Waals surface area contributed by atoms with Gasteiger partial charge in [0.2, 0.25) is 0 Å². The number of rotatable bonds is 3. The lowest BCUT2D eigenvalue weighted by Gasteiger charge is -2.34. The molecule has 1 saturated carbocycles. The number of sulfonamides is 1. The summed E-state index contributed by atoms with van der Waals surface area (Å²) >= 11 is 1.29. The molecule has 2 amide bonds. The van der Waals surface area contributed by atoms with Gasteiger partial charge >= 0.3 is 6.03 Å². The van der Waals surface area contributed by atoms with Gasteiger partial charge in [0.15, 0.2) is 0 Å². The second-order valence-corrected chi connectivity index (χ2v) is 9.64. The predicted octanol–water partition coefficient (Wildman–Crippen LogP) is 2.02. The molecule has 8 heteroatoms. The summed E-state index contributed by atoms with van der Waals surface area (Å²) in [5.74, 6) is 0. The van der Waals surface area contributed by atoms with Gasteiger partial charge in [-0.05, 0) is 31.9 Å². The van der Waals surface area contributed by atoms with Crippen LogP contribution in [0.15, 0.2) is 16.3 Å². The molecule has 0 aromatic carbocycles. The molecule has 1 aromatic rings. The van der Waals surface area contributed by atoms with E-state index < -0.39 is 10.0 Å². The van der Waals surface area contributed by atoms with Gasteiger partial charge in [0, 0.05) is 37.1 Å². The van der Waals surface area contributed by atoms with Crippen molar-refractivity contribution in [2.45, 2.75) is 42.9 Å². The summed E-state index contributed by atoms with van der Waals surface area (Å²) in [7, 11) is -3.42. The molecule has 3 rings (SSSR count). The maximum atomic E-state index is 12.6. The summed E-state index contributed by atoms with van der Waals surface area (Å²) < 4.78 is 27.0. The van der Waals surface area contributed by atoms with Crippen molar-refractivity contribution in [1.82, 2.24) is 14.5 Å². The third-order valence-electron chi connectivity index (χ3n) is 4.52. The maximum Gasteiger partial charge on any atom is 0.317 e. The lowest BCUT2D eigenvalue weighted by molar-refractivity contribution is 0.169. The molecule has 1 aromatic heterocycles. The topological polar surface area (TPSA) is 69.7 Å². The average Bonchev–Trinajstić information content (AvgIpc) is 3.19. The molecule has 0 spiro atoms. The first kappa shape index (κ1) is 16.7.